The van der Waals surface area contributed by atoms with Crippen LogP contribution in [0.25, 0.3) is 38.1 Å². The molecule has 0 N–H and O–H groups in total. The van der Waals surface area contributed by atoms with Gasteiger partial charge in [0.2, 0.25) is 0 Å². The van der Waals surface area contributed by atoms with E-state index in [2.05, 4.69) is 4.98 Å². The summed E-state index contributed by atoms with van der Waals surface area (Å²) in [6.45, 7) is 0.317. The molecule has 6 aromatic rings. The average Bonchev–Trinajstić information content (AvgIpc) is 3.12. The third kappa shape index (κ3) is 2.76. The number of aromatic nitrogens is 2. The molecule has 0 saturated carbocycles. The number of fused-ring (bicyclic) bond motifs is 5. The van der Waals surface area contributed by atoms with Crippen molar-refractivity contribution in [2.75, 3.05) is 0 Å². The van der Waals surface area contributed by atoms with E-state index in [0.29, 0.717) is 27.8 Å². The van der Waals surface area contributed by atoms with Crippen molar-refractivity contribution in [3.8, 4) is 5.75 Å². The van der Waals surface area contributed by atoms with Crippen LogP contribution in [0.5, 0.6) is 5.75 Å². The SMILES string of the molecule is O=c1c2ccccc2c2nccc3c4cc(OCc5ccc(Cl)cc5Cl)ccc4n1c32. The molecular formula is C25H14Cl2N2O2. The molecule has 0 amide bonds. The molecule has 0 atom stereocenters. The first kappa shape index (κ1) is 18.4. The molecule has 0 aliphatic heterocycles. The van der Waals surface area contributed by atoms with E-state index in [1.807, 2.05) is 54.6 Å². The van der Waals surface area contributed by atoms with E-state index >= 15 is 0 Å². The summed E-state index contributed by atoms with van der Waals surface area (Å²) >= 11 is 12.2. The van der Waals surface area contributed by atoms with E-state index in [0.717, 1.165) is 38.3 Å². The van der Waals surface area contributed by atoms with Gasteiger partial charge in [-0.05, 0) is 42.5 Å². The van der Waals surface area contributed by atoms with Crippen molar-refractivity contribution >= 4 is 61.3 Å². The summed E-state index contributed by atoms with van der Waals surface area (Å²) in [5.41, 5.74) is 3.29. The van der Waals surface area contributed by atoms with Crippen LogP contribution in [0.3, 0.4) is 0 Å². The van der Waals surface area contributed by atoms with Gasteiger partial charge in [0.25, 0.3) is 5.56 Å². The molecule has 3 aromatic carbocycles. The first-order valence-corrected chi connectivity index (χ1v) is 10.5. The van der Waals surface area contributed by atoms with E-state index in [1.54, 1.807) is 22.7 Å². The van der Waals surface area contributed by atoms with Crippen molar-refractivity contribution in [2.45, 2.75) is 6.61 Å². The van der Waals surface area contributed by atoms with Gasteiger partial charge < -0.3 is 4.74 Å². The Morgan fingerprint density at radius 1 is 0.871 bits per heavy atom. The van der Waals surface area contributed by atoms with Crippen LogP contribution < -0.4 is 10.3 Å². The fraction of sp³-hybridized carbons (Fsp3) is 0.0400. The summed E-state index contributed by atoms with van der Waals surface area (Å²) in [6, 6.07) is 20.6. The van der Waals surface area contributed by atoms with E-state index in [-0.39, 0.29) is 5.56 Å². The topological polar surface area (TPSA) is 43.6 Å². The van der Waals surface area contributed by atoms with Crippen molar-refractivity contribution in [2.24, 2.45) is 0 Å². The summed E-state index contributed by atoms with van der Waals surface area (Å²) in [5, 5.41) is 4.59. The van der Waals surface area contributed by atoms with Gasteiger partial charge in [0.05, 0.1) is 16.6 Å². The van der Waals surface area contributed by atoms with Crippen molar-refractivity contribution in [1.29, 1.82) is 0 Å². The lowest BCUT2D eigenvalue weighted by Gasteiger charge is -2.08. The Balaban J connectivity index is 1.55. The van der Waals surface area contributed by atoms with Crippen LogP contribution >= 0.6 is 23.2 Å². The van der Waals surface area contributed by atoms with Gasteiger partial charge in [-0.15, -0.1) is 0 Å². The molecule has 0 saturated heterocycles. The summed E-state index contributed by atoms with van der Waals surface area (Å²) in [4.78, 5) is 17.9. The lowest BCUT2D eigenvalue weighted by molar-refractivity contribution is 0.307. The van der Waals surface area contributed by atoms with E-state index in [4.69, 9.17) is 27.9 Å². The van der Waals surface area contributed by atoms with Crippen molar-refractivity contribution < 1.29 is 4.74 Å². The molecule has 0 spiro atoms. The van der Waals surface area contributed by atoms with Gasteiger partial charge >= 0.3 is 0 Å². The number of halogens is 2. The Labute approximate surface area is 186 Å². The third-order valence-electron chi connectivity index (χ3n) is 5.67. The zero-order valence-corrected chi connectivity index (χ0v) is 17.6. The largest absolute Gasteiger partial charge is 0.489 e. The summed E-state index contributed by atoms with van der Waals surface area (Å²) in [5.74, 6) is 0.695. The Hall–Kier alpha value is -3.34. The summed E-state index contributed by atoms with van der Waals surface area (Å²) in [7, 11) is 0. The van der Waals surface area contributed by atoms with Gasteiger partial charge in [0, 0.05) is 43.4 Å². The number of hydrogen-bond donors (Lipinski definition) is 0. The number of pyridine rings is 2. The molecule has 0 radical (unpaired) electrons. The van der Waals surface area contributed by atoms with Crippen molar-refractivity contribution in [3.05, 3.63) is 98.9 Å². The van der Waals surface area contributed by atoms with Crippen LogP contribution in [0, 0.1) is 0 Å². The fourth-order valence-electron chi connectivity index (χ4n) is 4.24. The monoisotopic (exact) mass is 444 g/mol. The Morgan fingerprint density at radius 2 is 1.71 bits per heavy atom. The van der Waals surface area contributed by atoms with Gasteiger partial charge in [0.1, 0.15) is 12.4 Å². The summed E-state index contributed by atoms with van der Waals surface area (Å²) < 4.78 is 7.77. The lowest BCUT2D eigenvalue weighted by atomic mass is 10.1. The fourth-order valence-corrected chi connectivity index (χ4v) is 4.70. The van der Waals surface area contributed by atoms with Crippen LogP contribution in [0.1, 0.15) is 5.56 Å². The minimum Gasteiger partial charge on any atom is -0.489 e. The second-order valence-electron chi connectivity index (χ2n) is 7.45. The molecule has 3 aromatic heterocycles. The van der Waals surface area contributed by atoms with E-state index in [1.165, 1.54) is 0 Å². The molecule has 6 rings (SSSR count). The van der Waals surface area contributed by atoms with E-state index < -0.39 is 0 Å². The van der Waals surface area contributed by atoms with Gasteiger partial charge in [-0.2, -0.15) is 0 Å². The van der Waals surface area contributed by atoms with Crippen LogP contribution in [0.4, 0.5) is 0 Å². The normalized spacial score (nSPS) is 11.8. The molecule has 0 aliphatic rings. The lowest BCUT2D eigenvalue weighted by Crippen LogP contribution is -2.13. The molecule has 0 fully saturated rings. The van der Waals surface area contributed by atoms with Gasteiger partial charge in [-0.1, -0.05) is 47.5 Å². The molecule has 3 heterocycles. The average molecular weight is 445 g/mol. The van der Waals surface area contributed by atoms with Gasteiger partial charge in [-0.3, -0.25) is 14.2 Å². The second-order valence-corrected chi connectivity index (χ2v) is 8.29. The minimum atomic E-state index is -0.0438. The zero-order chi connectivity index (χ0) is 21.1. The van der Waals surface area contributed by atoms with Crippen LogP contribution in [0.2, 0.25) is 10.0 Å². The molecule has 150 valence electrons. The minimum absolute atomic E-state index is 0.0438. The number of ether oxygens (including phenoxy) is 1. The molecule has 4 nitrogen and oxygen atoms in total. The maximum atomic E-state index is 13.3. The molecular weight excluding hydrogens is 431 g/mol. The Bertz CT molecular complexity index is 1690. The standard InChI is InChI=1S/C25H14Cl2N2O2/c26-15-6-5-14(21(27)11-15)13-31-16-7-8-22-20(12-16)18-9-10-28-23-17-3-1-2-4-19(17)25(30)29(22)24(18)23/h1-12H,13H2. The highest BCUT2D eigenvalue weighted by atomic mass is 35.5. The predicted molar refractivity (Wildman–Crippen MR) is 126 cm³/mol. The van der Waals surface area contributed by atoms with Crippen molar-refractivity contribution in [3.63, 3.8) is 0 Å². The second kappa shape index (κ2) is 6.84. The molecule has 0 bridgehead atoms. The Morgan fingerprint density at radius 3 is 2.55 bits per heavy atom. The predicted octanol–water partition coefficient (Wildman–Crippen LogP) is 6.48. The molecule has 6 heteroatoms. The molecule has 0 unspecified atom stereocenters. The molecule has 31 heavy (non-hydrogen) atoms. The highest BCUT2D eigenvalue weighted by molar-refractivity contribution is 6.35. The maximum absolute atomic E-state index is 13.3. The van der Waals surface area contributed by atoms with Crippen molar-refractivity contribution in [1.82, 2.24) is 9.38 Å². The quantitative estimate of drug-likeness (QED) is 0.293. The van der Waals surface area contributed by atoms with Crippen LogP contribution in [-0.2, 0) is 6.61 Å². The smallest absolute Gasteiger partial charge is 0.263 e. The van der Waals surface area contributed by atoms with Crippen LogP contribution in [-0.4, -0.2) is 9.38 Å². The zero-order valence-electron chi connectivity index (χ0n) is 16.1. The number of hydrogen-bond acceptors (Lipinski definition) is 3. The number of benzene rings is 3. The highest BCUT2D eigenvalue weighted by Crippen LogP contribution is 2.35. The number of nitrogens with zero attached hydrogens (tertiary/aromatic N) is 2. The summed E-state index contributed by atoms with van der Waals surface area (Å²) in [6.07, 6.45) is 1.79. The Kier molecular flexibility index (Phi) is 4.07. The van der Waals surface area contributed by atoms with Gasteiger partial charge in [-0.25, -0.2) is 0 Å². The van der Waals surface area contributed by atoms with Crippen LogP contribution in [0.15, 0.2) is 77.7 Å². The van der Waals surface area contributed by atoms with Gasteiger partial charge in [0.15, 0.2) is 0 Å². The number of rotatable bonds is 3. The highest BCUT2D eigenvalue weighted by Gasteiger charge is 2.18. The third-order valence-corrected chi connectivity index (χ3v) is 6.26. The molecule has 0 aliphatic carbocycles. The van der Waals surface area contributed by atoms with E-state index in [9.17, 15) is 4.79 Å². The first-order valence-electron chi connectivity index (χ1n) is 9.76. The maximum Gasteiger partial charge on any atom is 0.263 e. The first-order chi connectivity index (χ1) is 15.1.